The fraction of sp³-hybridized carbons (Fsp3) is 0.385. The average molecular weight is 237 g/mol. The number of aryl methyl sites for hydroxylation is 1. The van der Waals surface area contributed by atoms with E-state index in [9.17, 15) is 0 Å². The molecule has 0 aliphatic rings. The van der Waals surface area contributed by atoms with Crippen LogP contribution in [0, 0.1) is 6.92 Å². The Hall–Kier alpha value is -0.990. The van der Waals surface area contributed by atoms with Crippen LogP contribution in [0.4, 0.5) is 0 Å². The number of H-pyrrole nitrogens is 1. The Kier molecular flexibility index (Phi) is 3.22. The summed E-state index contributed by atoms with van der Waals surface area (Å²) in [5.41, 5.74) is 3.55. The Balaban J connectivity index is 2.60. The lowest BCUT2D eigenvalue weighted by atomic mass is 10.0. The largest absolute Gasteiger partial charge is 0.357 e. The average Bonchev–Trinajstić information content (AvgIpc) is 2.56. The van der Waals surface area contributed by atoms with E-state index in [-0.39, 0.29) is 0 Å². The number of para-hydroxylation sites is 1. The van der Waals surface area contributed by atoms with Crippen molar-refractivity contribution in [3.05, 3.63) is 34.5 Å². The molecule has 1 aromatic heterocycles. The van der Waals surface area contributed by atoms with Crippen molar-refractivity contribution in [2.24, 2.45) is 0 Å². The van der Waals surface area contributed by atoms with Crippen LogP contribution in [0.5, 0.6) is 0 Å². The van der Waals surface area contributed by atoms with Crippen LogP contribution in [0.15, 0.2) is 18.2 Å². The Bertz CT molecular complexity index is 502. The molecule has 2 rings (SSSR count). The predicted octanol–water partition coefficient (Wildman–Crippen LogP) is 3.80. The first-order chi connectivity index (χ1) is 7.65. The Morgan fingerprint density at radius 2 is 2.19 bits per heavy atom. The van der Waals surface area contributed by atoms with Crippen LogP contribution in [0.25, 0.3) is 10.9 Å². The molecule has 86 valence electrons. The number of nitrogens with one attached hydrogen (secondary N) is 2. The fourth-order valence-corrected chi connectivity index (χ4v) is 2.52. The van der Waals surface area contributed by atoms with Gasteiger partial charge in [-0.3, -0.25) is 0 Å². The summed E-state index contributed by atoms with van der Waals surface area (Å²) in [6, 6.07) is 6.38. The summed E-state index contributed by atoms with van der Waals surface area (Å²) in [4.78, 5) is 3.36. The highest BCUT2D eigenvalue weighted by Gasteiger charge is 2.15. The van der Waals surface area contributed by atoms with E-state index in [4.69, 9.17) is 11.6 Å². The lowest BCUT2D eigenvalue weighted by Gasteiger charge is -2.12. The molecule has 1 heterocycles. The van der Waals surface area contributed by atoms with Crippen LogP contribution in [-0.2, 0) is 0 Å². The first-order valence-electron chi connectivity index (χ1n) is 5.65. The van der Waals surface area contributed by atoms with E-state index in [1.807, 2.05) is 12.1 Å². The maximum atomic E-state index is 6.17. The highest BCUT2D eigenvalue weighted by atomic mass is 35.5. The zero-order chi connectivity index (χ0) is 11.7. The number of hydrogen-bond acceptors (Lipinski definition) is 1. The number of rotatable bonds is 3. The second-order valence-corrected chi connectivity index (χ2v) is 4.51. The number of hydrogen-bond donors (Lipinski definition) is 2. The van der Waals surface area contributed by atoms with E-state index in [0.29, 0.717) is 6.04 Å². The molecule has 2 nitrogen and oxygen atoms in total. The maximum absolute atomic E-state index is 6.17. The first-order valence-corrected chi connectivity index (χ1v) is 6.03. The van der Waals surface area contributed by atoms with Gasteiger partial charge in [0.1, 0.15) is 0 Å². The van der Waals surface area contributed by atoms with Gasteiger partial charge >= 0.3 is 0 Å². The van der Waals surface area contributed by atoms with Gasteiger partial charge in [0.05, 0.1) is 10.5 Å². The zero-order valence-electron chi connectivity index (χ0n) is 9.89. The van der Waals surface area contributed by atoms with Crippen molar-refractivity contribution in [3.8, 4) is 0 Å². The third kappa shape index (κ3) is 1.83. The lowest BCUT2D eigenvalue weighted by molar-refractivity contribution is 0.599. The summed E-state index contributed by atoms with van der Waals surface area (Å²) in [6.45, 7) is 7.36. The molecule has 0 aliphatic carbocycles. The smallest absolute Gasteiger partial charge is 0.0648 e. The van der Waals surface area contributed by atoms with Gasteiger partial charge in [-0.05, 0) is 32.0 Å². The number of fused-ring (bicyclic) bond motifs is 1. The van der Waals surface area contributed by atoms with Crippen molar-refractivity contribution in [3.63, 3.8) is 0 Å². The van der Waals surface area contributed by atoms with Crippen LogP contribution in [0.3, 0.4) is 0 Å². The molecule has 0 aliphatic heterocycles. The summed E-state index contributed by atoms with van der Waals surface area (Å²) >= 11 is 6.17. The molecule has 1 atom stereocenters. The van der Waals surface area contributed by atoms with Crippen molar-refractivity contribution < 1.29 is 0 Å². The molecule has 0 fully saturated rings. The molecule has 0 saturated carbocycles. The molecule has 2 N–H and O–H groups in total. The summed E-state index contributed by atoms with van der Waals surface area (Å²) in [6.07, 6.45) is 0. The Morgan fingerprint density at radius 3 is 2.88 bits per heavy atom. The van der Waals surface area contributed by atoms with Crippen LogP contribution in [0.1, 0.15) is 31.1 Å². The summed E-state index contributed by atoms with van der Waals surface area (Å²) in [5.74, 6) is 0. The standard InChI is InChI=1S/C13H17ClN2/c1-4-15-8(2)12-9(3)16-13-10(12)6-5-7-11(13)14/h5-8,15-16H,4H2,1-3H3. The van der Waals surface area contributed by atoms with Gasteiger partial charge < -0.3 is 10.3 Å². The van der Waals surface area contributed by atoms with Crippen LogP contribution in [-0.4, -0.2) is 11.5 Å². The molecule has 0 radical (unpaired) electrons. The van der Waals surface area contributed by atoms with E-state index in [0.717, 1.165) is 17.1 Å². The molecule has 3 heteroatoms. The van der Waals surface area contributed by atoms with Gasteiger partial charge in [0.15, 0.2) is 0 Å². The van der Waals surface area contributed by atoms with Crippen LogP contribution >= 0.6 is 11.6 Å². The monoisotopic (exact) mass is 236 g/mol. The van der Waals surface area contributed by atoms with E-state index in [1.165, 1.54) is 16.6 Å². The third-order valence-corrected chi connectivity index (χ3v) is 3.28. The van der Waals surface area contributed by atoms with Gasteiger partial charge in [-0.15, -0.1) is 0 Å². The topological polar surface area (TPSA) is 27.8 Å². The second-order valence-electron chi connectivity index (χ2n) is 4.11. The van der Waals surface area contributed by atoms with Crippen molar-refractivity contribution >= 4 is 22.5 Å². The first kappa shape index (κ1) is 11.5. The highest BCUT2D eigenvalue weighted by molar-refractivity contribution is 6.35. The summed E-state index contributed by atoms with van der Waals surface area (Å²) in [7, 11) is 0. The molecule has 1 aromatic carbocycles. The molecule has 0 bridgehead atoms. The van der Waals surface area contributed by atoms with Gasteiger partial charge in [-0.2, -0.15) is 0 Å². The maximum Gasteiger partial charge on any atom is 0.0648 e. The number of aromatic amines is 1. The third-order valence-electron chi connectivity index (χ3n) is 2.96. The minimum absolute atomic E-state index is 0.345. The molecule has 1 unspecified atom stereocenters. The van der Waals surface area contributed by atoms with Crippen LogP contribution < -0.4 is 5.32 Å². The predicted molar refractivity (Wildman–Crippen MR) is 70.1 cm³/mol. The summed E-state index contributed by atoms with van der Waals surface area (Å²) in [5, 5.41) is 5.45. The Morgan fingerprint density at radius 1 is 1.44 bits per heavy atom. The SMILES string of the molecule is CCNC(C)c1c(C)[nH]c2c(Cl)cccc12. The van der Waals surface area contributed by atoms with Crippen molar-refractivity contribution in [1.29, 1.82) is 0 Å². The van der Waals surface area contributed by atoms with Crippen molar-refractivity contribution in [2.45, 2.75) is 26.8 Å². The van der Waals surface area contributed by atoms with E-state index < -0.39 is 0 Å². The van der Waals surface area contributed by atoms with Gasteiger partial charge in [-0.1, -0.05) is 30.7 Å². The number of benzene rings is 1. The van der Waals surface area contributed by atoms with Gasteiger partial charge in [0, 0.05) is 17.1 Å². The molecule has 0 saturated heterocycles. The minimum Gasteiger partial charge on any atom is -0.357 e. The van der Waals surface area contributed by atoms with Gasteiger partial charge in [-0.25, -0.2) is 0 Å². The number of halogens is 1. The normalized spacial score (nSPS) is 13.2. The quantitative estimate of drug-likeness (QED) is 0.834. The molecule has 0 spiro atoms. The van der Waals surface area contributed by atoms with Gasteiger partial charge in [0.2, 0.25) is 0 Å². The molecule has 2 aromatic rings. The molecule has 0 amide bonds. The Labute approximate surface area is 101 Å². The van der Waals surface area contributed by atoms with Crippen molar-refractivity contribution in [1.82, 2.24) is 10.3 Å². The van der Waals surface area contributed by atoms with E-state index >= 15 is 0 Å². The minimum atomic E-state index is 0.345. The fourth-order valence-electron chi connectivity index (χ4n) is 2.30. The highest BCUT2D eigenvalue weighted by Crippen LogP contribution is 2.31. The molecule has 16 heavy (non-hydrogen) atoms. The molecular weight excluding hydrogens is 220 g/mol. The number of aromatic nitrogens is 1. The van der Waals surface area contributed by atoms with E-state index in [2.05, 4.69) is 37.1 Å². The zero-order valence-corrected chi connectivity index (χ0v) is 10.7. The van der Waals surface area contributed by atoms with Crippen LogP contribution in [0.2, 0.25) is 5.02 Å². The second kappa shape index (κ2) is 4.48. The molecular formula is C13H17ClN2. The van der Waals surface area contributed by atoms with Crippen molar-refractivity contribution in [2.75, 3.05) is 6.54 Å². The summed E-state index contributed by atoms with van der Waals surface area (Å²) < 4.78 is 0. The lowest BCUT2D eigenvalue weighted by Crippen LogP contribution is -2.18. The van der Waals surface area contributed by atoms with E-state index in [1.54, 1.807) is 0 Å². The van der Waals surface area contributed by atoms with Gasteiger partial charge in [0.25, 0.3) is 0 Å².